The highest BCUT2D eigenvalue weighted by Crippen LogP contribution is 2.17. The molecule has 0 atom stereocenters. The minimum atomic E-state index is 0.456. The lowest BCUT2D eigenvalue weighted by atomic mass is 10.1. The fourth-order valence-corrected chi connectivity index (χ4v) is 2.98. The first kappa shape index (κ1) is 24.0. The van der Waals surface area contributed by atoms with E-state index in [1.165, 1.54) is 0 Å². The summed E-state index contributed by atoms with van der Waals surface area (Å²) in [5, 5.41) is 15.8. The van der Waals surface area contributed by atoms with Crippen molar-refractivity contribution >= 4 is 46.1 Å². The lowest BCUT2D eigenvalue weighted by Crippen LogP contribution is -2.35. The van der Waals surface area contributed by atoms with E-state index in [-0.39, 0.29) is 0 Å². The summed E-state index contributed by atoms with van der Waals surface area (Å²) >= 11 is 10.4. The van der Waals surface area contributed by atoms with Gasteiger partial charge in [0.2, 0.25) is 0 Å². The first-order chi connectivity index (χ1) is 13.3. The van der Waals surface area contributed by atoms with Crippen LogP contribution in [0.25, 0.3) is 0 Å². The topological polar surface area (TPSA) is 87.0 Å². The van der Waals surface area contributed by atoms with Crippen molar-refractivity contribution in [2.45, 2.75) is 41.2 Å². The molecule has 0 spiro atoms. The van der Waals surface area contributed by atoms with Gasteiger partial charge in [0.15, 0.2) is 10.2 Å². The van der Waals surface area contributed by atoms with Crippen molar-refractivity contribution in [3.63, 3.8) is 0 Å². The van der Waals surface area contributed by atoms with Gasteiger partial charge in [-0.05, 0) is 65.1 Å². The summed E-state index contributed by atoms with van der Waals surface area (Å²) in [4.78, 5) is 0. The van der Waals surface area contributed by atoms with Crippen LogP contribution in [0.3, 0.4) is 0 Å². The average Bonchev–Trinajstić information content (AvgIpc) is 2.93. The molecule has 0 bridgehead atoms. The fraction of sp³-hybridized carbons (Fsp3) is 0.556. The van der Waals surface area contributed by atoms with Crippen LogP contribution < -0.4 is 21.5 Å². The normalized spacial score (nSPS) is 11.9. The van der Waals surface area contributed by atoms with Gasteiger partial charge in [-0.25, -0.2) is 0 Å². The number of rotatable bonds is 9. The van der Waals surface area contributed by atoms with E-state index in [2.05, 4.69) is 56.2 Å². The number of thiocarbonyl (C=S) groups is 2. The molecule has 4 N–H and O–H groups in total. The number of hydrazone groups is 2. The Morgan fingerprint density at radius 3 is 2.18 bits per heavy atom. The average molecular weight is 426 g/mol. The van der Waals surface area contributed by atoms with Gasteiger partial charge < -0.3 is 19.9 Å². The van der Waals surface area contributed by atoms with Gasteiger partial charge in [-0.1, -0.05) is 0 Å². The minimum Gasteiger partial charge on any atom is -0.383 e. The van der Waals surface area contributed by atoms with Gasteiger partial charge in [-0.2, -0.15) is 10.2 Å². The van der Waals surface area contributed by atoms with Crippen molar-refractivity contribution in [3.8, 4) is 0 Å². The van der Waals surface area contributed by atoms with Crippen molar-refractivity contribution in [1.29, 1.82) is 0 Å². The molecule has 0 aliphatic carbocycles. The smallest absolute Gasteiger partial charge is 0.186 e. The molecule has 0 radical (unpaired) electrons. The highest BCUT2D eigenvalue weighted by atomic mass is 32.1. The highest BCUT2D eigenvalue weighted by Gasteiger charge is 2.17. The molecule has 0 fully saturated rings. The van der Waals surface area contributed by atoms with Crippen LogP contribution in [-0.4, -0.2) is 53.0 Å². The minimum absolute atomic E-state index is 0.456. The molecule has 0 saturated heterocycles. The molecular formula is C18H31N7OS2. The Labute approximate surface area is 178 Å². The standard InChI is InChI=1S/C18H31N7OS2/c1-7-19-17(27)23-21-13(4)16(22-24-18(28)20-8-2)15-11-12(3)25(14(15)5)9-10-26-6/h11H,7-10H2,1-6H3,(H2,19,23,27)(H2,20,24,28)/b21-13+,22-16-. The summed E-state index contributed by atoms with van der Waals surface area (Å²) in [6, 6.07) is 2.09. The van der Waals surface area contributed by atoms with Crippen LogP contribution in [0.15, 0.2) is 16.3 Å². The number of nitrogens with zero attached hydrogens (tertiary/aromatic N) is 3. The van der Waals surface area contributed by atoms with E-state index in [0.29, 0.717) is 34.8 Å². The molecule has 0 aliphatic rings. The number of nitrogens with one attached hydrogen (secondary N) is 4. The number of methoxy groups -OCH3 is 1. The molecule has 0 amide bonds. The summed E-state index contributed by atoms with van der Waals surface area (Å²) < 4.78 is 7.42. The Balaban J connectivity index is 3.24. The van der Waals surface area contributed by atoms with E-state index in [1.807, 2.05) is 20.8 Å². The summed E-state index contributed by atoms with van der Waals surface area (Å²) in [5.41, 5.74) is 10.3. The summed E-state index contributed by atoms with van der Waals surface area (Å²) in [6.45, 7) is 12.8. The van der Waals surface area contributed by atoms with Crippen LogP contribution in [0.1, 0.15) is 37.7 Å². The first-order valence-corrected chi connectivity index (χ1v) is 10.0. The van der Waals surface area contributed by atoms with Crippen molar-refractivity contribution in [2.24, 2.45) is 10.2 Å². The lowest BCUT2D eigenvalue weighted by molar-refractivity contribution is 0.186. The zero-order valence-electron chi connectivity index (χ0n) is 17.5. The lowest BCUT2D eigenvalue weighted by Gasteiger charge is -2.12. The number of hydrogen-bond acceptors (Lipinski definition) is 5. The molecule has 0 saturated carbocycles. The van der Waals surface area contributed by atoms with Crippen LogP contribution in [0.4, 0.5) is 0 Å². The quantitative estimate of drug-likeness (QED) is 0.273. The highest BCUT2D eigenvalue weighted by molar-refractivity contribution is 7.80. The SMILES string of the molecule is CCNC(=S)N/N=C(C)/C(=N/NC(=S)NCC)c1cc(C)n(CCOC)c1C. The first-order valence-electron chi connectivity index (χ1n) is 9.21. The number of aromatic nitrogens is 1. The van der Waals surface area contributed by atoms with Crippen molar-refractivity contribution in [2.75, 3.05) is 26.8 Å². The van der Waals surface area contributed by atoms with E-state index < -0.39 is 0 Å². The van der Waals surface area contributed by atoms with E-state index in [0.717, 1.165) is 30.0 Å². The maximum atomic E-state index is 5.23. The molecule has 156 valence electrons. The maximum absolute atomic E-state index is 5.23. The van der Waals surface area contributed by atoms with E-state index in [4.69, 9.17) is 29.2 Å². The Kier molecular flexibility index (Phi) is 10.6. The fourth-order valence-electron chi connectivity index (χ4n) is 2.60. The van der Waals surface area contributed by atoms with Gasteiger partial charge in [0.05, 0.1) is 12.3 Å². The number of ether oxygens (including phenoxy) is 1. The van der Waals surface area contributed by atoms with Crippen molar-refractivity contribution in [1.82, 2.24) is 26.1 Å². The third-order valence-electron chi connectivity index (χ3n) is 3.96. The van der Waals surface area contributed by atoms with Gasteiger partial charge >= 0.3 is 0 Å². The molecule has 0 aliphatic heterocycles. The van der Waals surface area contributed by atoms with Gasteiger partial charge in [0, 0.05) is 43.7 Å². The summed E-state index contributed by atoms with van der Waals surface area (Å²) in [5.74, 6) is 0. The zero-order valence-corrected chi connectivity index (χ0v) is 19.1. The van der Waals surface area contributed by atoms with Crippen LogP contribution in [0.5, 0.6) is 0 Å². The monoisotopic (exact) mass is 425 g/mol. The Morgan fingerprint density at radius 1 is 1.07 bits per heavy atom. The van der Waals surface area contributed by atoms with Crippen molar-refractivity contribution in [3.05, 3.63) is 23.0 Å². The largest absolute Gasteiger partial charge is 0.383 e. The molecule has 1 aromatic heterocycles. The zero-order chi connectivity index (χ0) is 21.1. The second-order valence-corrected chi connectivity index (χ2v) is 6.85. The van der Waals surface area contributed by atoms with E-state index >= 15 is 0 Å². The molecule has 0 aromatic carbocycles. The van der Waals surface area contributed by atoms with E-state index in [9.17, 15) is 0 Å². The molecule has 8 nitrogen and oxygen atoms in total. The third kappa shape index (κ3) is 7.17. The maximum Gasteiger partial charge on any atom is 0.186 e. The van der Waals surface area contributed by atoms with Gasteiger partial charge in [-0.15, -0.1) is 0 Å². The number of aryl methyl sites for hydroxylation is 1. The van der Waals surface area contributed by atoms with Gasteiger partial charge in [0.1, 0.15) is 5.71 Å². The predicted octanol–water partition coefficient (Wildman–Crippen LogP) is 1.80. The van der Waals surface area contributed by atoms with Crippen LogP contribution in [0.2, 0.25) is 0 Å². The summed E-state index contributed by atoms with van der Waals surface area (Å²) in [7, 11) is 1.70. The van der Waals surface area contributed by atoms with E-state index in [1.54, 1.807) is 7.11 Å². The van der Waals surface area contributed by atoms with Crippen LogP contribution in [0, 0.1) is 13.8 Å². The molecule has 1 heterocycles. The Hall–Kier alpha value is -2.04. The molecule has 1 aromatic rings. The second-order valence-electron chi connectivity index (χ2n) is 6.03. The van der Waals surface area contributed by atoms with Crippen molar-refractivity contribution < 1.29 is 4.74 Å². The Bertz CT molecular complexity index is 741. The van der Waals surface area contributed by atoms with Gasteiger partial charge in [0.25, 0.3) is 0 Å². The van der Waals surface area contributed by atoms with Gasteiger partial charge in [-0.3, -0.25) is 10.9 Å². The molecule has 10 heteroatoms. The molecule has 1 rings (SSSR count). The predicted molar refractivity (Wildman–Crippen MR) is 124 cm³/mol. The molecular weight excluding hydrogens is 394 g/mol. The van der Waals surface area contributed by atoms with Crippen LogP contribution in [-0.2, 0) is 11.3 Å². The Morgan fingerprint density at radius 2 is 1.64 bits per heavy atom. The third-order valence-corrected chi connectivity index (χ3v) is 4.43. The molecule has 0 unspecified atom stereocenters. The number of hydrogen-bond donors (Lipinski definition) is 4. The summed E-state index contributed by atoms with van der Waals surface area (Å²) in [6.07, 6.45) is 0. The second kappa shape index (κ2) is 12.4. The molecule has 28 heavy (non-hydrogen) atoms. The van der Waals surface area contributed by atoms with Crippen LogP contribution >= 0.6 is 24.4 Å².